The highest BCUT2D eigenvalue weighted by Gasteiger charge is 2.00. The fraction of sp³-hybridized carbons (Fsp3) is 0.125. The van der Waals surface area contributed by atoms with Crippen molar-refractivity contribution in [2.45, 2.75) is 6.54 Å². The second kappa shape index (κ2) is 2.57. The van der Waals surface area contributed by atoms with Gasteiger partial charge < -0.3 is 10.1 Å². The lowest BCUT2D eigenvalue weighted by Crippen LogP contribution is -2.02. The minimum atomic E-state index is -0.258. The van der Waals surface area contributed by atoms with Crippen molar-refractivity contribution in [3.63, 3.8) is 0 Å². The van der Waals surface area contributed by atoms with Crippen molar-refractivity contribution in [1.82, 2.24) is 9.38 Å². The normalized spacial score (nSPS) is 10.8. The van der Waals surface area contributed by atoms with E-state index in [2.05, 4.69) is 4.98 Å². The Labute approximate surface area is 68.6 Å². The van der Waals surface area contributed by atoms with Crippen molar-refractivity contribution in [2.75, 3.05) is 0 Å². The van der Waals surface area contributed by atoms with Gasteiger partial charge in [-0.25, -0.2) is 9.37 Å². The fourth-order valence-electron chi connectivity index (χ4n) is 1.18. The Bertz CT molecular complexity index is 408. The van der Waals surface area contributed by atoms with Gasteiger partial charge in [0.15, 0.2) is 0 Å². The lowest BCUT2D eigenvalue weighted by atomic mass is 10.4. The molecule has 0 amide bonds. The van der Waals surface area contributed by atoms with Gasteiger partial charge in [0.05, 0.1) is 18.3 Å². The van der Waals surface area contributed by atoms with E-state index < -0.39 is 0 Å². The third-order valence-corrected chi connectivity index (χ3v) is 1.75. The molecule has 2 aromatic rings. The molecular weight excluding hydrogens is 157 g/mol. The van der Waals surface area contributed by atoms with E-state index >= 15 is 0 Å². The first-order valence-electron chi connectivity index (χ1n) is 3.63. The Kier molecular flexibility index (Phi) is 1.55. The molecule has 3 nitrogen and oxygen atoms in total. The summed E-state index contributed by atoms with van der Waals surface area (Å²) in [6.07, 6.45) is 3.23. The van der Waals surface area contributed by atoms with Crippen LogP contribution in [0.25, 0.3) is 5.52 Å². The fourth-order valence-corrected chi connectivity index (χ4v) is 1.18. The lowest BCUT2D eigenvalue weighted by molar-refractivity contribution is 0.626. The Hall–Kier alpha value is -1.42. The van der Waals surface area contributed by atoms with Crippen molar-refractivity contribution in [3.8, 4) is 0 Å². The first-order valence-corrected chi connectivity index (χ1v) is 3.63. The van der Waals surface area contributed by atoms with Gasteiger partial charge in [-0.15, -0.1) is 0 Å². The van der Waals surface area contributed by atoms with E-state index in [-0.39, 0.29) is 5.82 Å². The number of rotatable bonds is 1. The topological polar surface area (TPSA) is 43.3 Å². The van der Waals surface area contributed by atoms with Crippen LogP contribution in [0.5, 0.6) is 0 Å². The van der Waals surface area contributed by atoms with Crippen LogP contribution in [0, 0.1) is 5.82 Å². The molecule has 4 heteroatoms. The van der Waals surface area contributed by atoms with Gasteiger partial charge in [-0.05, 0) is 12.1 Å². The summed E-state index contributed by atoms with van der Waals surface area (Å²) in [4.78, 5) is 4.03. The molecule has 0 aliphatic carbocycles. The predicted molar refractivity (Wildman–Crippen MR) is 43.0 cm³/mol. The first-order chi connectivity index (χ1) is 5.81. The molecule has 0 atom stereocenters. The summed E-state index contributed by atoms with van der Waals surface area (Å²) in [5, 5.41) is 0. The molecule has 0 saturated heterocycles. The van der Waals surface area contributed by atoms with Crippen molar-refractivity contribution in [3.05, 3.63) is 36.2 Å². The molecule has 2 heterocycles. The SMILES string of the molecule is NCc1ncc2cc(F)ccn12. The molecule has 62 valence electrons. The average Bonchev–Trinajstić information content (AvgIpc) is 2.46. The summed E-state index contributed by atoms with van der Waals surface area (Å²) in [6.45, 7) is 0.361. The maximum absolute atomic E-state index is 12.7. The number of pyridine rings is 1. The Morgan fingerprint density at radius 2 is 2.42 bits per heavy atom. The van der Waals surface area contributed by atoms with E-state index in [4.69, 9.17) is 5.73 Å². The van der Waals surface area contributed by atoms with E-state index in [1.807, 2.05) is 0 Å². The van der Waals surface area contributed by atoms with Crippen molar-refractivity contribution in [2.24, 2.45) is 5.73 Å². The van der Waals surface area contributed by atoms with E-state index in [0.717, 1.165) is 11.3 Å². The minimum absolute atomic E-state index is 0.258. The summed E-state index contributed by atoms with van der Waals surface area (Å²) in [5.74, 6) is 0.482. The summed E-state index contributed by atoms with van der Waals surface area (Å²) in [5.41, 5.74) is 6.15. The van der Waals surface area contributed by atoms with Gasteiger partial charge in [0.2, 0.25) is 0 Å². The number of nitrogens with two attached hydrogens (primary N) is 1. The summed E-state index contributed by atoms with van der Waals surface area (Å²) >= 11 is 0. The van der Waals surface area contributed by atoms with E-state index in [0.29, 0.717) is 6.54 Å². The molecule has 0 aromatic carbocycles. The molecule has 0 unspecified atom stereocenters. The van der Waals surface area contributed by atoms with Gasteiger partial charge in [0, 0.05) is 6.20 Å². The monoisotopic (exact) mass is 165 g/mol. The van der Waals surface area contributed by atoms with Crippen LogP contribution in [0.2, 0.25) is 0 Å². The number of fused-ring (bicyclic) bond motifs is 1. The molecule has 0 fully saturated rings. The van der Waals surface area contributed by atoms with Gasteiger partial charge in [0.25, 0.3) is 0 Å². The van der Waals surface area contributed by atoms with Crippen LogP contribution in [-0.4, -0.2) is 9.38 Å². The Morgan fingerprint density at radius 1 is 1.58 bits per heavy atom. The lowest BCUT2D eigenvalue weighted by Gasteiger charge is -1.96. The van der Waals surface area contributed by atoms with Crippen LogP contribution in [0.3, 0.4) is 0 Å². The third kappa shape index (κ3) is 0.967. The maximum Gasteiger partial charge on any atom is 0.127 e. The number of hydrogen-bond acceptors (Lipinski definition) is 2. The summed E-state index contributed by atoms with van der Waals surface area (Å²) < 4.78 is 14.4. The average molecular weight is 165 g/mol. The molecular formula is C8H8FN3. The van der Waals surface area contributed by atoms with E-state index in [1.54, 1.807) is 16.8 Å². The number of aromatic nitrogens is 2. The maximum atomic E-state index is 12.7. The number of halogens is 1. The van der Waals surface area contributed by atoms with E-state index in [1.165, 1.54) is 12.1 Å². The highest BCUT2D eigenvalue weighted by Crippen LogP contribution is 2.07. The first kappa shape index (κ1) is 7.24. The van der Waals surface area contributed by atoms with Crippen molar-refractivity contribution in [1.29, 1.82) is 0 Å². The molecule has 0 spiro atoms. The Balaban J connectivity index is 2.73. The quantitative estimate of drug-likeness (QED) is 0.683. The summed E-state index contributed by atoms with van der Waals surface area (Å²) in [7, 11) is 0. The second-order valence-electron chi connectivity index (χ2n) is 2.52. The molecule has 0 radical (unpaired) electrons. The van der Waals surface area contributed by atoms with E-state index in [9.17, 15) is 4.39 Å². The zero-order valence-electron chi connectivity index (χ0n) is 6.37. The van der Waals surface area contributed by atoms with Gasteiger partial charge in [-0.2, -0.15) is 0 Å². The molecule has 0 saturated carbocycles. The van der Waals surface area contributed by atoms with Crippen LogP contribution >= 0.6 is 0 Å². The van der Waals surface area contributed by atoms with Gasteiger partial charge in [-0.3, -0.25) is 0 Å². The van der Waals surface area contributed by atoms with Crippen LogP contribution in [0.15, 0.2) is 24.5 Å². The minimum Gasteiger partial charge on any atom is -0.324 e. The van der Waals surface area contributed by atoms with Crippen LogP contribution in [-0.2, 0) is 6.54 Å². The van der Waals surface area contributed by atoms with Crippen LogP contribution in [0.4, 0.5) is 4.39 Å². The molecule has 2 rings (SSSR count). The predicted octanol–water partition coefficient (Wildman–Crippen LogP) is 0.932. The number of imidazole rings is 1. The third-order valence-electron chi connectivity index (χ3n) is 1.75. The standard InChI is InChI=1S/C8H8FN3/c9-6-1-2-12-7(3-6)5-11-8(12)4-10/h1-3,5H,4,10H2. The van der Waals surface area contributed by atoms with Gasteiger partial charge in [0.1, 0.15) is 11.6 Å². The van der Waals surface area contributed by atoms with Gasteiger partial charge in [-0.1, -0.05) is 0 Å². The molecule has 0 aliphatic heterocycles. The molecule has 0 bridgehead atoms. The smallest absolute Gasteiger partial charge is 0.127 e. The van der Waals surface area contributed by atoms with Gasteiger partial charge >= 0.3 is 0 Å². The largest absolute Gasteiger partial charge is 0.324 e. The van der Waals surface area contributed by atoms with Crippen LogP contribution in [0.1, 0.15) is 5.82 Å². The molecule has 0 aliphatic rings. The number of hydrogen-bond donors (Lipinski definition) is 1. The highest BCUT2D eigenvalue weighted by atomic mass is 19.1. The highest BCUT2D eigenvalue weighted by molar-refractivity contribution is 5.45. The van der Waals surface area contributed by atoms with Crippen molar-refractivity contribution < 1.29 is 4.39 Å². The summed E-state index contributed by atoms with van der Waals surface area (Å²) in [6, 6.07) is 2.81. The zero-order chi connectivity index (χ0) is 8.55. The zero-order valence-corrected chi connectivity index (χ0v) is 6.37. The Morgan fingerprint density at radius 3 is 3.17 bits per heavy atom. The van der Waals surface area contributed by atoms with Crippen LogP contribution < -0.4 is 5.73 Å². The van der Waals surface area contributed by atoms with Crippen molar-refractivity contribution >= 4 is 5.52 Å². The molecule has 2 N–H and O–H groups in total. The second-order valence-corrected chi connectivity index (χ2v) is 2.52. The molecule has 12 heavy (non-hydrogen) atoms. The molecule has 2 aromatic heterocycles. The number of nitrogens with zero attached hydrogens (tertiary/aromatic N) is 2.